The van der Waals surface area contributed by atoms with Crippen molar-refractivity contribution in [3.8, 4) is 0 Å². The van der Waals surface area contributed by atoms with Gasteiger partial charge < -0.3 is 20.9 Å². The normalized spacial score (nSPS) is 20.3. The van der Waals surface area contributed by atoms with Crippen LogP contribution in [0.15, 0.2) is 30.3 Å². The maximum atomic E-state index is 13.9. The van der Waals surface area contributed by atoms with Crippen molar-refractivity contribution in [2.75, 3.05) is 18.4 Å². The van der Waals surface area contributed by atoms with E-state index >= 15 is 0 Å². The third-order valence-electron chi connectivity index (χ3n) is 6.02. The summed E-state index contributed by atoms with van der Waals surface area (Å²) in [6.07, 6.45) is 0.451. The Balaban J connectivity index is 1.32. The number of carbonyl (C=O) groups is 2. The van der Waals surface area contributed by atoms with Gasteiger partial charge in [-0.3, -0.25) is 4.79 Å². The lowest BCUT2D eigenvalue weighted by Gasteiger charge is -2.34. The molecule has 2 heterocycles. The molecule has 4 rings (SSSR count). The second-order valence-electron chi connectivity index (χ2n) is 8.30. The molecule has 33 heavy (non-hydrogen) atoms. The van der Waals surface area contributed by atoms with Crippen molar-refractivity contribution in [1.82, 2.24) is 9.80 Å². The highest BCUT2D eigenvalue weighted by atomic mass is 35.5. The van der Waals surface area contributed by atoms with E-state index in [4.69, 9.17) is 28.9 Å². The number of anilines is 1. The second kappa shape index (κ2) is 9.40. The number of hydrogen-bond donors (Lipinski definition) is 2. The lowest BCUT2D eigenvalue weighted by molar-refractivity contribution is -0.133. The van der Waals surface area contributed by atoms with Gasteiger partial charge in [-0.2, -0.15) is 0 Å². The van der Waals surface area contributed by atoms with Gasteiger partial charge in [-0.25, -0.2) is 18.0 Å². The first kappa shape index (κ1) is 23.7. The van der Waals surface area contributed by atoms with Gasteiger partial charge in [0, 0.05) is 31.6 Å². The molecule has 0 aliphatic carbocycles. The summed E-state index contributed by atoms with van der Waals surface area (Å²) < 4.78 is 40.3. The van der Waals surface area contributed by atoms with Crippen LogP contribution in [-0.4, -0.2) is 53.0 Å². The van der Waals surface area contributed by atoms with Gasteiger partial charge in [0.25, 0.3) is 0 Å². The Morgan fingerprint density at radius 1 is 1.06 bits per heavy atom. The number of benzene rings is 2. The van der Waals surface area contributed by atoms with Gasteiger partial charge in [0.05, 0.1) is 27.8 Å². The molecule has 2 saturated heterocycles. The fourth-order valence-corrected chi connectivity index (χ4v) is 4.77. The molecular formula is C22H21Cl2F3N4O2. The van der Waals surface area contributed by atoms with Crippen molar-refractivity contribution in [1.29, 1.82) is 0 Å². The zero-order chi connectivity index (χ0) is 23.9. The number of piperazine rings is 1. The zero-order valence-corrected chi connectivity index (χ0v) is 18.8. The van der Waals surface area contributed by atoms with Crippen molar-refractivity contribution >= 4 is 40.8 Å². The highest BCUT2D eigenvalue weighted by Gasteiger charge is 2.47. The van der Waals surface area contributed by atoms with Crippen LogP contribution in [0.25, 0.3) is 0 Å². The highest BCUT2D eigenvalue weighted by Crippen LogP contribution is 2.34. The quantitative estimate of drug-likeness (QED) is 0.604. The topological polar surface area (TPSA) is 78.7 Å². The summed E-state index contributed by atoms with van der Waals surface area (Å²) in [5.74, 6) is -3.58. The number of amides is 3. The summed E-state index contributed by atoms with van der Waals surface area (Å²) in [5.41, 5.74) is 6.31. The molecule has 6 nitrogen and oxygen atoms in total. The fraction of sp³-hybridized carbons (Fsp3) is 0.364. The van der Waals surface area contributed by atoms with Gasteiger partial charge in [-0.1, -0.05) is 29.3 Å². The molecule has 2 aromatic rings. The van der Waals surface area contributed by atoms with Crippen molar-refractivity contribution in [3.63, 3.8) is 0 Å². The van der Waals surface area contributed by atoms with Gasteiger partial charge in [0.2, 0.25) is 5.91 Å². The predicted octanol–water partition coefficient (Wildman–Crippen LogP) is 4.19. The number of nitrogens with zero attached hydrogens (tertiary/aromatic N) is 2. The maximum Gasteiger partial charge on any atom is 0.322 e. The number of carbonyl (C=O) groups excluding carboxylic acids is 2. The molecule has 2 aliphatic heterocycles. The Kier molecular flexibility index (Phi) is 6.74. The summed E-state index contributed by atoms with van der Waals surface area (Å²) in [6, 6.07) is 4.76. The Hall–Kier alpha value is -2.49. The lowest BCUT2D eigenvalue weighted by Crippen LogP contribution is -2.52. The van der Waals surface area contributed by atoms with E-state index in [-0.39, 0.29) is 47.4 Å². The number of rotatable bonds is 5. The van der Waals surface area contributed by atoms with Gasteiger partial charge in [0.1, 0.15) is 5.82 Å². The maximum absolute atomic E-state index is 13.9. The third kappa shape index (κ3) is 4.90. The number of halogens is 5. The average molecular weight is 501 g/mol. The van der Waals surface area contributed by atoms with Crippen molar-refractivity contribution in [2.45, 2.75) is 37.4 Å². The van der Waals surface area contributed by atoms with Crippen LogP contribution in [-0.2, 0) is 11.2 Å². The number of urea groups is 1. The SMILES string of the molecule is N[C@@H](CC(=O)N1C[C@@H]2C[C@H]1CN2C(=O)Nc1cccc(Cl)c1Cl)Cc1cc(F)c(F)cc1F. The summed E-state index contributed by atoms with van der Waals surface area (Å²) in [7, 11) is 0. The summed E-state index contributed by atoms with van der Waals surface area (Å²) >= 11 is 12.1. The molecule has 2 aromatic carbocycles. The van der Waals surface area contributed by atoms with Crippen LogP contribution in [0.1, 0.15) is 18.4 Å². The molecule has 2 fully saturated rings. The smallest absolute Gasteiger partial charge is 0.322 e. The Morgan fingerprint density at radius 3 is 2.42 bits per heavy atom. The molecule has 3 atom stereocenters. The monoisotopic (exact) mass is 500 g/mol. The molecule has 11 heteroatoms. The Bertz CT molecular complexity index is 1100. The molecule has 0 saturated carbocycles. The molecule has 2 bridgehead atoms. The average Bonchev–Trinajstić information content (AvgIpc) is 3.36. The minimum Gasteiger partial charge on any atom is -0.336 e. The first-order valence-electron chi connectivity index (χ1n) is 10.3. The van der Waals surface area contributed by atoms with Crippen molar-refractivity contribution in [2.24, 2.45) is 5.73 Å². The molecule has 3 N–H and O–H groups in total. The van der Waals surface area contributed by atoms with Gasteiger partial charge in [-0.05, 0) is 36.6 Å². The van der Waals surface area contributed by atoms with E-state index in [9.17, 15) is 22.8 Å². The first-order valence-corrected chi connectivity index (χ1v) is 11.1. The van der Waals surface area contributed by atoms with E-state index < -0.39 is 23.5 Å². The molecule has 0 unspecified atom stereocenters. The van der Waals surface area contributed by atoms with E-state index in [0.717, 1.165) is 6.07 Å². The van der Waals surface area contributed by atoms with Gasteiger partial charge in [0.15, 0.2) is 11.6 Å². The Morgan fingerprint density at radius 2 is 1.73 bits per heavy atom. The van der Waals surface area contributed by atoms with Crippen LogP contribution in [0.5, 0.6) is 0 Å². The van der Waals surface area contributed by atoms with Crippen LogP contribution >= 0.6 is 23.2 Å². The largest absolute Gasteiger partial charge is 0.336 e. The van der Waals surface area contributed by atoms with Crippen LogP contribution in [0.4, 0.5) is 23.7 Å². The third-order valence-corrected chi connectivity index (χ3v) is 6.84. The van der Waals surface area contributed by atoms with E-state index in [2.05, 4.69) is 5.32 Å². The fourth-order valence-electron chi connectivity index (χ4n) is 4.42. The number of hydrogen-bond acceptors (Lipinski definition) is 3. The molecule has 0 aromatic heterocycles. The van der Waals surface area contributed by atoms with Crippen molar-refractivity contribution < 1.29 is 22.8 Å². The molecular weight excluding hydrogens is 480 g/mol. The minimum atomic E-state index is -1.28. The van der Waals surface area contributed by atoms with Gasteiger partial charge >= 0.3 is 6.03 Å². The lowest BCUT2D eigenvalue weighted by atomic mass is 10.0. The first-order chi connectivity index (χ1) is 15.6. The van der Waals surface area contributed by atoms with E-state index in [1.165, 1.54) is 0 Å². The second-order valence-corrected chi connectivity index (χ2v) is 9.08. The molecule has 0 spiro atoms. The number of nitrogens with two attached hydrogens (primary N) is 1. The summed E-state index contributed by atoms with van der Waals surface area (Å²) in [4.78, 5) is 28.8. The van der Waals surface area contributed by atoms with E-state index in [0.29, 0.717) is 36.3 Å². The van der Waals surface area contributed by atoms with E-state index in [1.54, 1.807) is 28.0 Å². The molecule has 2 aliphatic rings. The minimum absolute atomic E-state index is 0.0774. The number of nitrogens with one attached hydrogen (secondary N) is 1. The zero-order valence-electron chi connectivity index (χ0n) is 17.3. The van der Waals surface area contributed by atoms with Crippen molar-refractivity contribution in [3.05, 3.63) is 63.4 Å². The molecule has 3 amide bonds. The van der Waals surface area contributed by atoms with Crippen LogP contribution < -0.4 is 11.1 Å². The van der Waals surface area contributed by atoms with Crippen LogP contribution in [0.2, 0.25) is 10.0 Å². The predicted molar refractivity (Wildman–Crippen MR) is 119 cm³/mol. The number of fused-ring (bicyclic) bond motifs is 2. The Labute approximate surface area is 198 Å². The standard InChI is InChI=1S/C22H21Cl2F3N4O2/c23-15-2-1-3-19(21(15)24)29-22(33)31-10-13-7-14(31)9-30(13)20(32)6-12(28)4-11-5-17(26)18(27)8-16(11)25/h1-3,5,8,12-14H,4,6-7,9-10,28H2,(H,29,33)/t12-,13+,14+/m1/s1. The van der Waals surface area contributed by atoms with E-state index in [1.807, 2.05) is 0 Å². The summed E-state index contributed by atoms with van der Waals surface area (Å²) in [5, 5.41) is 3.33. The summed E-state index contributed by atoms with van der Waals surface area (Å²) in [6.45, 7) is 0.708. The van der Waals surface area contributed by atoms with Gasteiger partial charge in [-0.15, -0.1) is 0 Å². The number of likely N-dealkylation sites (tertiary alicyclic amines) is 2. The van der Waals surface area contributed by atoms with Crippen LogP contribution in [0, 0.1) is 17.5 Å². The van der Waals surface area contributed by atoms with Crippen LogP contribution in [0.3, 0.4) is 0 Å². The molecule has 0 radical (unpaired) electrons. The molecule has 176 valence electrons. The highest BCUT2D eigenvalue weighted by molar-refractivity contribution is 6.43.